The monoisotopic (exact) mass is 260 g/mol. The van der Waals surface area contributed by atoms with Crippen molar-refractivity contribution >= 4 is 5.95 Å². The first-order chi connectivity index (χ1) is 7.64. The van der Waals surface area contributed by atoms with Gasteiger partial charge < -0.3 is 21.9 Å². The van der Waals surface area contributed by atoms with E-state index in [0.717, 1.165) is 32.3 Å². The number of likely N-dealkylation sites (N-methyl/N-ethyl adjacent to an activating group) is 1. The molecule has 6 nitrogen and oxygen atoms in total. The van der Waals surface area contributed by atoms with Gasteiger partial charge in [-0.3, -0.25) is 4.48 Å². The van der Waals surface area contributed by atoms with E-state index in [0.29, 0.717) is 16.3 Å². The van der Waals surface area contributed by atoms with Crippen molar-refractivity contribution in [3.05, 3.63) is 5.82 Å². The first kappa shape index (κ1) is 14.1. The van der Waals surface area contributed by atoms with Crippen molar-refractivity contribution in [3.8, 4) is 6.01 Å². The van der Waals surface area contributed by atoms with Crippen molar-refractivity contribution < 1.29 is 21.9 Å². The van der Waals surface area contributed by atoms with Crippen LogP contribution < -0.4 is 21.6 Å². The second kappa shape index (κ2) is 5.57. The largest absolute Gasteiger partial charge is 1.00 e. The van der Waals surface area contributed by atoms with Gasteiger partial charge in [0.05, 0.1) is 27.4 Å². The van der Waals surface area contributed by atoms with E-state index in [1.807, 2.05) is 6.92 Å². The number of hydrogen-bond acceptors (Lipinski definition) is 5. The number of nitrogens with zero attached hydrogens (tertiary/aromatic N) is 4. The number of hydrogen-bond donors (Lipinski definition) is 0. The molecule has 2 heterocycles. The Morgan fingerprint density at radius 2 is 1.82 bits per heavy atom. The summed E-state index contributed by atoms with van der Waals surface area (Å²) < 4.78 is 11.1. The van der Waals surface area contributed by atoms with Crippen molar-refractivity contribution in [2.75, 3.05) is 40.5 Å². The predicted molar refractivity (Wildman–Crippen MR) is 59.4 cm³/mol. The van der Waals surface area contributed by atoms with Crippen molar-refractivity contribution in [2.45, 2.75) is 6.92 Å². The van der Waals surface area contributed by atoms with Crippen LogP contribution in [0, 0.1) is 6.92 Å². The van der Waals surface area contributed by atoms with Gasteiger partial charge in [0, 0.05) is 0 Å². The highest BCUT2D eigenvalue weighted by molar-refractivity contribution is 5.26. The molecule has 0 radical (unpaired) electrons. The van der Waals surface area contributed by atoms with E-state index >= 15 is 0 Å². The maximum absolute atomic E-state index is 5.36. The van der Waals surface area contributed by atoms with Gasteiger partial charge in [0.1, 0.15) is 18.9 Å². The molecule has 0 bridgehead atoms. The Morgan fingerprint density at radius 1 is 1.18 bits per heavy atom. The third-order valence-corrected chi connectivity index (χ3v) is 2.84. The van der Waals surface area contributed by atoms with Gasteiger partial charge in [0.2, 0.25) is 0 Å². The first-order valence-corrected chi connectivity index (χ1v) is 5.33. The van der Waals surface area contributed by atoms with Crippen LogP contribution in [0.5, 0.6) is 6.01 Å². The average molecular weight is 261 g/mol. The van der Waals surface area contributed by atoms with Gasteiger partial charge in [0.15, 0.2) is 0 Å². The van der Waals surface area contributed by atoms with Crippen LogP contribution in [0.3, 0.4) is 0 Å². The van der Waals surface area contributed by atoms with E-state index in [9.17, 15) is 0 Å². The highest BCUT2D eigenvalue weighted by Gasteiger charge is 2.32. The first-order valence-electron chi connectivity index (χ1n) is 5.33. The predicted octanol–water partition coefficient (Wildman–Crippen LogP) is -2.84. The van der Waals surface area contributed by atoms with E-state index in [4.69, 9.17) is 9.47 Å². The lowest BCUT2D eigenvalue weighted by Gasteiger charge is -2.34. The highest BCUT2D eigenvalue weighted by Crippen LogP contribution is 2.19. The fourth-order valence-electron chi connectivity index (χ4n) is 1.72. The van der Waals surface area contributed by atoms with Gasteiger partial charge >= 0.3 is 12.0 Å². The summed E-state index contributed by atoms with van der Waals surface area (Å²) in [6.45, 7) is 5.09. The lowest BCUT2D eigenvalue weighted by atomic mass is 10.3. The van der Waals surface area contributed by atoms with E-state index < -0.39 is 0 Å². The van der Waals surface area contributed by atoms with E-state index in [1.165, 1.54) is 0 Å². The van der Waals surface area contributed by atoms with Crippen LogP contribution in [-0.2, 0) is 4.74 Å². The van der Waals surface area contributed by atoms with Gasteiger partial charge in [-0.05, 0) is 6.92 Å². The molecule has 7 heteroatoms. The number of rotatable bonds is 2. The number of aryl methyl sites for hydroxylation is 1. The maximum atomic E-state index is 5.36. The Kier molecular flexibility index (Phi) is 4.62. The Morgan fingerprint density at radius 3 is 2.41 bits per heavy atom. The normalized spacial score (nSPS) is 18.3. The zero-order chi connectivity index (χ0) is 11.6. The third-order valence-electron chi connectivity index (χ3n) is 2.84. The lowest BCUT2D eigenvalue weighted by Crippen LogP contribution is -3.00. The quantitative estimate of drug-likeness (QED) is 0.536. The van der Waals surface area contributed by atoms with Crippen LogP contribution in [0.25, 0.3) is 0 Å². The highest BCUT2D eigenvalue weighted by atomic mass is 35.5. The summed E-state index contributed by atoms with van der Waals surface area (Å²) in [6.07, 6.45) is 0. The standard InChI is InChI=1S/C10H17N4O2.ClH/c1-8-11-9(13-10(12-8)15-3)14(2)4-6-16-7-5-14;/h4-7H2,1-3H3;1H/q+1;/p-1. The molecule has 1 fully saturated rings. The van der Waals surface area contributed by atoms with Gasteiger partial charge in [-0.1, -0.05) is 0 Å². The van der Waals surface area contributed by atoms with E-state index in [-0.39, 0.29) is 12.4 Å². The Balaban J connectivity index is 0.00000144. The molecular weight excluding hydrogens is 244 g/mol. The fraction of sp³-hybridized carbons (Fsp3) is 0.700. The number of aromatic nitrogens is 3. The van der Waals surface area contributed by atoms with Crippen LogP contribution in [0.15, 0.2) is 0 Å². The summed E-state index contributed by atoms with van der Waals surface area (Å²) in [5.74, 6) is 1.44. The zero-order valence-corrected chi connectivity index (χ0v) is 11.1. The van der Waals surface area contributed by atoms with Crippen molar-refractivity contribution in [1.29, 1.82) is 0 Å². The Hall–Kier alpha value is -0.980. The molecule has 0 unspecified atom stereocenters. The molecule has 2 rings (SSSR count). The molecule has 0 N–H and O–H groups in total. The van der Waals surface area contributed by atoms with Gasteiger partial charge in [-0.25, -0.2) is 0 Å². The molecule has 1 aliphatic rings. The molecular formula is C10H17ClN4O2. The maximum Gasteiger partial charge on any atom is 0.335 e. The summed E-state index contributed by atoms with van der Waals surface area (Å²) >= 11 is 0. The molecule has 1 aliphatic heterocycles. The minimum atomic E-state index is 0. The molecule has 0 saturated carbocycles. The molecule has 0 spiro atoms. The summed E-state index contributed by atoms with van der Waals surface area (Å²) in [5, 5.41) is 0. The number of ether oxygens (including phenoxy) is 2. The van der Waals surface area contributed by atoms with Gasteiger partial charge in [0.25, 0.3) is 0 Å². The molecule has 1 aromatic rings. The van der Waals surface area contributed by atoms with Crippen LogP contribution in [0.2, 0.25) is 0 Å². The van der Waals surface area contributed by atoms with E-state index in [2.05, 4.69) is 22.0 Å². The third kappa shape index (κ3) is 3.02. The molecule has 0 amide bonds. The summed E-state index contributed by atoms with van der Waals surface area (Å²) in [5.41, 5.74) is 0. The van der Waals surface area contributed by atoms with E-state index in [1.54, 1.807) is 7.11 Å². The molecule has 96 valence electrons. The summed E-state index contributed by atoms with van der Waals surface area (Å²) in [4.78, 5) is 12.8. The minimum Gasteiger partial charge on any atom is -1.00 e. The van der Waals surface area contributed by atoms with Crippen LogP contribution in [-0.4, -0.2) is 55.4 Å². The average Bonchev–Trinajstić information content (AvgIpc) is 2.29. The van der Waals surface area contributed by atoms with Crippen molar-refractivity contribution in [2.24, 2.45) is 0 Å². The number of methoxy groups -OCH3 is 1. The second-order valence-electron chi connectivity index (χ2n) is 4.12. The molecule has 1 saturated heterocycles. The summed E-state index contributed by atoms with van der Waals surface area (Å²) in [6, 6.07) is 0.383. The van der Waals surface area contributed by atoms with Crippen LogP contribution in [0.4, 0.5) is 5.95 Å². The number of halogens is 1. The van der Waals surface area contributed by atoms with Crippen LogP contribution >= 0.6 is 0 Å². The Bertz CT molecular complexity index is 383. The minimum absolute atomic E-state index is 0. The molecule has 17 heavy (non-hydrogen) atoms. The summed E-state index contributed by atoms with van der Waals surface area (Å²) in [7, 11) is 3.68. The number of morpholine rings is 1. The molecule has 1 aromatic heterocycles. The zero-order valence-electron chi connectivity index (χ0n) is 10.3. The lowest BCUT2D eigenvalue weighted by molar-refractivity contribution is -0.00000603. The molecule has 0 atom stereocenters. The molecule has 0 aliphatic carbocycles. The van der Waals surface area contributed by atoms with Gasteiger partial charge in [-0.2, -0.15) is 9.97 Å². The SMILES string of the molecule is COc1nc(C)nc([N+]2(C)CCOCC2)n1.[Cl-]. The second-order valence-corrected chi connectivity index (χ2v) is 4.12. The topological polar surface area (TPSA) is 57.1 Å². The molecule has 0 aromatic carbocycles. The van der Waals surface area contributed by atoms with Crippen molar-refractivity contribution in [3.63, 3.8) is 0 Å². The fourth-order valence-corrected chi connectivity index (χ4v) is 1.72. The number of quaternary nitrogens is 1. The Labute approximate surface area is 107 Å². The van der Waals surface area contributed by atoms with Gasteiger partial charge in [-0.15, -0.1) is 4.98 Å². The van der Waals surface area contributed by atoms with Crippen molar-refractivity contribution in [1.82, 2.24) is 19.4 Å². The van der Waals surface area contributed by atoms with Crippen LogP contribution in [0.1, 0.15) is 5.82 Å². The smallest absolute Gasteiger partial charge is 0.335 e.